The second-order valence-corrected chi connectivity index (χ2v) is 3.40. The molecule has 1 aromatic carbocycles. The first-order valence-corrected chi connectivity index (χ1v) is 4.43. The summed E-state index contributed by atoms with van der Waals surface area (Å²) in [6.45, 7) is -0.320. The zero-order chi connectivity index (χ0) is 10.7. The van der Waals surface area contributed by atoms with Crippen molar-refractivity contribution in [3.8, 4) is 0 Å². The van der Waals surface area contributed by atoms with Gasteiger partial charge in [0.2, 0.25) is 0 Å². The summed E-state index contributed by atoms with van der Waals surface area (Å²) in [4.78, 5) is 20.8. The monoisotopic (exact) mass is 260 g/mol. The van der Waals surface area contributed by atoms with E-state index in [0.717, 1.165) is 0 Å². The largest absolute Gasteiger partial charge is 0.365 e. The first-order chi connectivity index (χ1) is 6.57. The summed E-state index contributed by atoms with van der Waals surface area (Å²) in [6, 6.07) is 2.82. The summed E-state index contributed by atoms with van der Waals surface area (Å²) < 4.78 is 13.7. The minimum atomic E-state index is -0.887. The fourth-order valence-corrected chi connectivity index (χ4v) is 1.51. The molecule has 0 atom stereocenters. The van der Waals surface area contributed by atoms with E-state index < -0.39 is 11.7 Å². The maximum atomic E-state index is 13.4. The number of carbonyl (C=O) groups is 1. The zero-order valence-electron chi connectivity index (χ0n) is 6.96. The number of rotatable bonds is 3. The van der Waals surface area contributed by atoms with Gasteiger partial charge in [-0.1, -0.05) is 11.2 Å². The van der Waals surface area contributed by atoms with Crippen LogP contribution in [0.15, 0.2) is 21.8 Å². The molecule has 0 spiro atoms. The summed E-state index contributed by atoms with van der Waals surface area (Å²) in [5.74, 6) is -1.69. The lowest BCUT2D eigenvalue weighted by Crippen LogP contribution is -2.15. The lowest BCUT2D eigenvalue weighted by molar-refractivity contribution is 0.0995. The Morgan fingerprint density at radius 1 is 1.57 bits per heavy atom. The number of benzene rings is 1. The Balaban J connectivity index is 3.32. The minimum Gasteiger partial charge on any atom is -0.365 e. The van der Waals surface area contributed by atoms with Gasteiger partial charge in [-0.25, -0.2) is 4.39 Å². The van der Waals surface area contributed by atoms with Gasteiger partial charge in [-0.15, -0.1) is 0 Å². The van der Waals surface area contributed by atoms with Gasteiger partial charge in [-0.05, 0) is 22.0 Å². The number of halogens is 2. The van der Waals surface area contributed by atoms with E-state index in [1.54, 1.807) is 0 Å². The van der Waals surface area contributed by atoms with Crippen LogP contribution in [0.1, 0.15) is 15.9 Å². The van der Waals surface area contributed by atoms with Crippen molar-refractivity contribution in [3.63, 3.8) is 0 Å². The number of nitrogens with zero attached hydrogens (tertiary/aromatic N) is 1. The van der Waals surface area contributed by atoms with Crippen LogP contribution in [0.25, 0.3) is 0 Å². The van der Waals surface area contributed by atoms with Gasteiger partial charge in [0, 0.05) is 10.0 Å². The average Bonchev–Trinajstić information content (AvgIpc) is 2.10. The molecule has 1 rings (SSSR count). The Kier molecular flexibility index (Phi) is 3.29. The van der Waals surface area contributed by atoms with Crippen LogP contribution in [0.5, 0.6) is 0 Å². The molecule has 0 saturated heterocycles. The molecule has 14 heavy (non-hydrogen) atoms. The fourth-order valence-electron chi connectivity index (χ4n) is 1.01. The van der Waals surface area contributed by atoms with Gasteiger partial charge in [0.15, 0.2) is 0 Å². The standard InChI is InChI=1S/C8H6BrFN2O2/c9-5-2-1-4(3-12-14)7(10)6(5)8(11)13/h1-2H,3H2,(H2,11,13). The second-order valence-electron chi connectivity index (χ2n) is 2.55. The van der Waals surface area contributed by atoms with Crippen LogP contribution in [0.2, 0.25) is 0 Å². The molecule has 0 fully saturated rings. The van der Waals surface area contributed by atoms with Crippen LogP contribution in [0.3, 0.4) is 0 Å². The predicted molar refractivity (Wildman–Crippen MR) is 52.1 cm³/mol. The molecule has 0 heterocycles. The molecule has 4 nitrogen and oxygen atoms in total. The van der Waals surface area contributed by atoms with Gasteiger partial charge >= 0.3 is 0 Å². The normalized spacial score (nSPS) is 9.86. The van der Waals surface area contributed by atoms with Crippen molar-refractivity contribution in [2.45, 2.75) is 6.54 Å². The quantitative estimate of drug-likeness (QED) is 0.844. The highest BCUT2D eigenvalue weighted by molar-refractivity contribution is 9.10. The molecule has 0 saturated carbocycles. The number of primary amides is 1. The lowest BCUT2D eigenvalue weighted by Gasteiger charge is -2.04. The number of hydrogen-bond donors (Lipinski definition) is 1. The molecule has 0 aliphatic carbocycles. The van der Waals surface area contributed by atoms with Crippen molar-refractivity contribution < 1.29 is 9.18 Å². The van der Waals surface area contributed by atoms with Crippen LogP contribution >= 0.6 is 15.9 Å². The summed E-state index contributed by atoms with van der Waals surface area (Å²) in [6.07, 6.45) is 0. The Morgan fingerprint density at radius 2 is 2.21 bits per heavy atom. The Bertz CT molecular complexity index is 395. The minimum absolute atomic E-state index is 0.0528. The van der Waals surface area contributed by atoms with E-state index >= 15 is 0 Å². The summed E-state index contributed by atoms with van der Waals surface area (Å²) >= 11 is 2.98. The number of hydrogen-bond acceptors (Lipinski definition) is 3. The summed E-state index contributed by atoms with van der Waals surface area (Å²) in [7, 11) is 0. The molecule has 0 radical (unpaired) electrons. The average molecular weight is 261 g/mol. The fraction of sp³-hybridized carbons (Fsp3) is 0.125. The third-order valence-corrected chi connectivity index (χ3v) is 2.31. The van der Waals surface area contributed by atoms with Gasteiger partial charge in [0.1, 0.15) is 12.4 Å². The molecule has 6 heteroatoms. The van der Waals surface area contributed by atoms with Crippen LogP contribution in [0, 0.1) is 10.7 Å². The molecule has 0 aliphatic rings. The van der Waals surface area contributed by atoms with Crippen molar-refractivity contribution in [1.29, 1.82) is 0 Å². The molecule has 2 N–H and O–H groups in total. The topological polar surface area (TPSA) is 72.5 Å². The molecule has 0 bridgehead atoms. The van der Waals surface area contributed by atoms with E-state index in [4.69, 9.17) is 5.73 Å². The Morgan fingerprint density at radius 3 is 2.71 bits per heavy atom. The number of carbonyl (C=O) groups excluding carboxylic acids is 1. The highest BCUT2D eigenvalue weighted by Gasteiger charge is 2.16. The van der Waals surface area contributed by atoms with Crippen LogP contribution in [-0.2, 0) is 6.54 Å². The molecular formula is C8H6BrFN2O2. The molecule has 1 aromatic rings. The third-order valence-electron chi connectivity index (χ3n) is 1.65. The molecule has 0 aromatic heterocycles. The highest BCUT2D eigenvalue weighted by atomic mass is 79.9. The van der Waals surface area contributed by atoms with Gasteiger partial charge in [0.05, 0.1) is 5.56 Å². The Hall–Kier alpha value is -1.30. The number of amides is 1. The van der Waals surface area contributed by atoms with Crippen molar-refractivity contribution in [1.82, 2.24) is 0 Å². The summed E-state index contributed by atoms with van der Waals surface area (Å²) in [5, 5.41) is 2.54. The van der Waals surface area contributed by atoms with Crippen molar-refractivity contribution in [2.24, 2.45) is 10.9 Å². The van der Waals surface area contributed by atoms with Gasteiger partial charge in [-0.3, -0.25) is 4.79 Å². The zero-order valence-corrected chi connectivity index (χ0v) is 8.54. The number of nitrogens with two attached hydrogens (primary N) is 1. The first kappa shape index (κ1) is 10.8. The third kappa shape index (κ3) is 1.95. The molecule has 0 aliphatic heterocycles. The Labute approximate surface area is 87.4 Å². The van der Waals surface area contributed by atoms with Crippen molar-refractivity contribution >= 4 is 21.8 Å². The van der Waals surface area contributed by atoms with E-state index in [-0.39, 0.29) is 22.1 Å². The van der Waals surface area contributed by atoms with E-state index in [2.05, 4.69) is 21.1 Å². The van der Waals surface area contributed by atoms with Gasteiger partial charge in [-0.2, -0.15) is 4.91 Å². The second kappa shape index (κ2) is 4.28. The lowest BCUT2D eigenvalue weighted by atomic mass is 10.1. The molecule has 0 unspecified atom stereocenters. The SMILES string of the molecule is NC(=O)c1c(Br)ccc(CN=O)c1F. The molecule has 74 valence electrons. The molecular weight excluding hydrogens is 255 g/mol. The van der Waals surface area contributed by atoms with Crippen LogP contribution in [-0.4, -0.2) is 5.91 Å². The molecule has 1 amide bonds. The highest BCUT2D eigenvalue weighted by Crippen LogP contribution is 2.22. The maximum absolute atomic E-state index is 13.4. The van der Waals surface area contributed by atoms with Crippen LogP contribution in [0.4, 0.5) is 4.39 Å². The van der Waals surface area contributed by atoms with Crippen LogP contribution < -0.4 is 5.73 Å². The van der Waals surface area contributed by atoms with Gasteiger partial charge < -0.3 is 5.73 Å². The maximum Gasteiger partial charge on any atom is 0.252 e. The summed E-state index contributed by atoms with van der Waals surface area (Å²) in [5.41, 5.74) is 4.76. The van der Waals surface area contributed by atoms with E-state index in [1.165, 1.54) is 12.1 Å². The predicted octanol–water partition coefficient (Wildman–Crippen LogP) is 1.95. The van der Waals surface area contributed by atoms with Crippen molar-refractivity contribution in [3.05, 3.63) is 38.5 Å². The van der Waals surface area contributed by atoms with Crippen molar-refractivity contribution in [2.75, 3.05) is 0 Å². The van der Waals surface area contributed by atoms with Gasteiger partial charge in [0.25, 0.3) is 5.91 Å². The van der Waals surface area contributed by atoms with E-state index in [9.17, 15) is 14.1 Å². The first-order valence-electron chi connectivity index (χ1n) is 3.63. The number of nitroso groups, excluding NO2 is 1. The van der Waals surface area contributed by atoms with E-state index in [1.807, 2.05) is 0 Å². The smallest absolute Gasteiger partial charge is 0.252 e. The van der Waals surface area contributed by atoms with E-state index in [0.29, 0.717) is 0 Å².